The number of hydrogen-bond donors (Lipinski definition) is 1. The molecular formula is C15H24N2O2S2. The first-order valence-electron chi connectivity index (χ1n) is 7.79. The van der Waals surface area contributed by atoms with Crippen LogP contribution in [0.2, 0.25) is 0 Å². The van der Waals surface area contributed by atoms with Gasteiger partial charge >= 0.3 is 0 Å². The maximum atomic E-state index is 12.8. The highest BCUT2D eigenvalue weighted by Crippen LogP contribution is 2.31. The van der Waals surface area contributed by atoms with E-state index in [0.717, 1.165) is 29.1 Å². The second-order valence-electron chi connectivity index (χ2n) is 6.37. The fourth-order valence-electron chi connectivity index (χ4n) is 2.76. The van der Waals surface area contributed by atoms with Gasteiger partial charge in [0.25, 0.3) is 0 Å². The first kappa shape index (κ1) is 15.5. The largest absolute Gasteiger partial charge is 0.309 e. The zero-order chi connectivity index (χ0) is 15.0. The standard InChI is InChI=1S/C15H24N2O2S2/c1-11-5-7-17(8-6-11)21(18,19)15-9-14(20-12(15)2)10-16-13-3-4-13/h9,11,13,16H,3-8,10H2,1-2H3. The minimum absolute atomic E-state index is 0.523. The van der Waals surface area contributed by atoms with Crippen molar-refractivity contribution in [3.05, 3.63) is 15.8 Å². The lowest BCUT2D eigenvalue weighted by Crippen LogP contribution is -2.37. The summed E-state index contributed by atoms with van der Waals surface area (Å²) in [4.78, 5) is 2.57. The molecule has 118 valence electrons. The molecule has 2 aliphatic rings. The Labute approximate surface area is 131 Å². The predicted octanol–water partition coefficient (Wildman–Crippen LogP) is 2.73. The van der Waals surface area contributed by atoms with Gasteiger partial charge in [-0.15, -0.1) is 11.3 Å². The average Bonchev–Trinajstić information content (AvgIpc) is 3.19. The molecule has 1 aromatic rings. The summed E-state index contributed by atoms with van der Waals surface area (Å²) in [5.74, 6) is 0.637. The fourth-order valence-corrected chi connectivity index (χ4v) is 5.79. The predicted molar refractivity (Wildman–Crippen MR) is 86.1 cm³/mol. The molecule has 3 rings (SSSR count). The molecule has 1 saturated carbocycles. The molecule has 1 aromatic heterocycles. The van der Waals surface area contributed by atoms with Crippen LogP contribution in [-0.2, 0) is 16.6 Å². The van der Waals surface area contributed by atoms with Crippen LogP contribution in [0.5, 0.6) is 0 Å². The molecule has 0 amide bonds. The Balaban J connectivity index is 1.74. The number of aryl methyl sites for hydroxylation is 1. The van der Waals surface area contributed by atoms with Crippen LogP contribution in [0.15, 0.2) is 11.0 Å². The van der Waals surface area contributed by atoms with E-state index in [9.17, 15) is 8.42 Å². The summed E-state index contributed by atoms with van der Waals surface area (Å²) in [5.41, 5.74) is 0. The molecule has 0 radical (unpaired) electrons. The summed E-state index contributed by atoms with van der Waals surface area (Å²) in [7, 11) is -3.30. The third kappa shape index (κ3) is 3.50. The molecule has 21 heavy (non-hydrogen) atoms. The molecule has 6 heteroatoms. The van der Waals surface area contributed by atoms with Gasteiger partial charge in [0.15, 0.2) is 0 Å². The van der Waals surface area contributed by atoms with E-state index in [1.165, 1.54) is 12.8 Å². The highest BCUT2D eigenvalue weighted by atomic mass is 32.2. The average molecular weight is 329 g/mol. The zero-order valence-corrected chi connectivity index (χ0v) is 14.4. The molecule has 4 nitrogen and oxygen atoms in total. The van der Waals surface area contributed by atoms with Crippen LogP contribution in [0, 0.1) is 12.8 Å². The van der Waals surface area contributed by atoms with Gasteiger partial charge in [0, 0.05) is 35.4 Å². The van der Waals surface area contributed by atoms with Crippen molar-refractivity contribution in [3.8, 4) is 0 Å². The van der Waals surface area contributed by atoms with E-state index < -0.39 is 10.0 Å². The van der Waals surface area contributed by atoms with Gasteiger partial charge in [-0.2, -0.15) is 4.31 Å². The summed E-state index contributed by atoms with van der Waals surface area (Å²) in [6, 6.07) is 2.53. The van der Waals surface area contributed by atoms with Crippen molar-refractivity contribution >= 4 is 21.4 Å². The lowest BCUT2D eigenvalue weighted by atomic mass is 10.0. The van der Waals surface area contributed by atoms with E-state index in [1.807, 2.05) is 13.0 Å². The van der Waals surface area contributed by atoms with Gasteiger partial charge in [-0.3, -0.25) is 0 Å². The SMILES string of the molecule is Cc1sc(CNC2CC2)cc1S(=O)(=O)N1CCC(C)CC1. The Kier molecular flexibility index (Phi) is 4.41. The van der Waals surface area contributed by atoms with Gasteiger partial charge in [-0.05, 0) is 44.6 Å². The monoisotopic (exact) mass is 328 g/mol. The van der Waals surface area contributed by atoms with Crippen molar-refractivity contribution in [2.24, 2.45) is 5.92 Å². The summed E-state index contributed by atoms with van der Waals surface area (Å²) in [6.45, 7) is 6.23. The van der Waals surface area contributed by atoms with Gasteiger partial charge in [0.1, 0.15) is 0 Å². The van der Waals surface area contributed by atoms with Crippen LogP contribution in [0.3, 0.4) is 0 Å². The Morgan fingerprint density at radius 1 is 1.29 bits per heavy atom. The molecule has 1 aliphatic heterocycles. The first-order chi connectivity index (χ1) is 9.96. The number of thiophene rings is 1. The van der Waals surface area contributed by atoms with Crippen LogP contribution in [0.25, 0.3) is 0 Å². The van der Waals surface area contributed by atoms with E-state index in [1.54, 1.807) is 15.6 Å². The second-order valence-corrected chi connectivity index (χ2v) is 9.62. The molecule has 2 heterocycles. The third-order valence-corrected chi connectivity index (χ3v) is 7.63. The van der Waals surface area contributed by atoms with Crippen molar-refractivity contribution in [1.82, 2.24) is 9.62 Å². The summed E-state index contributed by atoms with van der Waals surface area (Å²) in [5, 5.41) is 3.45. The third-order valence-electron chi connectivity index (χ3n) is 4.43. The molecule has 0 aromatic carbocycles. The van der Waals surface area contributed by atoms with Crippen molar-refractivity contribution in [2.45, 2.75) is 57.0 Å². The minimum atomic E-state index is -3.30. The zero-order valence-electron chi connectivity index (χ0n) is 12.8. The quantitative estimate of drug-likeness (QED) is 0.904. The smallest absolute Gasteiger partial charge is 0.244 e. The van der Waals surface area contributed by atoms with Crippen molar-refractivity contribution in [3.63, 3.8) is 0 Å². The van der Waals surface area contributed by atoms with Gasteiger partial charge in [0.05, 0.1) is 4.90 Å². The molecule has 2 fully saturated rings. The Morgan fingerprint density at radius 2 is 1.95 bits per heavy atom. The first-order valence-corrected chi connectivity index (χ1v) is 10.1. The molecule has 1 aliphatic carbocycles. The topological polar surface area (TPSA) is 49.4 Å². The molecule has 0 unspecified atom stereocenters. The van der Waals surface area contributed by atoms with Crippen LogP contribution < -0.4 is 5.32 Å². The van der Waals surface area contributed by atoms with E-state index in [2.05, 4.69) is 12.2 Å². The van der Waals surface area contributed by atoms with Gasteiger partial charge in [-0.25, -0.2) is 8.42 Å². The number of nitrogens with zero attached hydrogens (tertiary/aromatic N) is 1. The Morgan fingerprint density at radius 3 is 2.57 bits per heavy atom. The highest BCUT2D eigenvalue weighted by Gasteiger charge is 2.30. The normalized spacial score (nSPS) is 21.8. The summed E-state index contributed by atoms with van der Waals surface area (Å²) >= 11 is 1.61. The molecular weight excluding hydrogens is 304 g/mol. The van der Waals surface area contributed by atoms with Crippen LogP contribution in [0.4, 0.5) is 0 Å². The van der Waals surface area contributed by atoms with Crippen LogP contribution in [0.1, 0.15) is 42.4 Å². The minimum Gasteiger partial charge on any atom is -0.309 e. The van der Waals surface area contributed by atoms with Crippen LogP contribution in [-0.4, -0.2) is 31.9 Å². The number of rotatable bonds is 5. The molecule has 0 bridgehead atoms. The van der Waals surface area contributed by atoms with Gasteiger partial charge in [0.2, 0.25) is 10.0 Å². The molecule has 0 spiro atoms. The fraction of sp³-hybridized carbons (Fsp3) is 0.733. The lowest BCUT2D eigenvalue weighted by molar-refractivity contribution is 0.288. The molecule has 1 N–H and O–H groups in total. The Bertz CT molecular complexity index is 597. The summed E-state index contributed by atoms with van der Waals surface area (Å²) in [6.07, 6.45) is 4.44. The van der Waals surface area contributed by atoms with Crippen molar-refractivity contribution in [2.75, 3.05) is 13.1 Å². The summed E-state index contributed by atoms with van der Waals surface area (Å²) < 4.78 is 27.2. The van der Waals surface area contributed by atoms with Gasteiger partial charge < -0.3 is 5.32 Å². The number of nitrogens with one attached hydrogen (secondary N) is 1. The molecule has 0 atom stereocenters. The van der Waals surface area contributed by atoms with E-state index in [-0.39, 0.29) is 0 Å². The van der Waals surface area contributed by atoms with E-state index in [4.69, 9.17) is 0 Å². The maximum absolute atomic E-state index is 12.8. The van der Waals surface area contributed by atoms with E-state index in [0.29, 0.717) is 29.9 Å². The number of hydrogen-bond acceptors (Lipinski definition) is 4. The van der Waals surface area contributed by atoms with Gasteiger partial charge in [-0.1, -0.05) is 6.92 Å². The second kappa shape index (κ2) is 5.99. The number of sulfonamides is 1. The number of piperidine rings is 1. The molecule has 1 saturated heterocycles. The lowest BCUT2D eigenvalue weighted by Gasteiger charge is -2.29. The Hall–Kier alpha value is -0.430. The highest BCUT2D eigenvalue weighted by molar-refractivity contribution is 7.89. The van der Waals surface area contributed by atoms with Crippen LogP contribution >= 0.6 is 11.3 Å². The van der Waals surface area contributed by atoms with Crippen molar-refractivity contribution < 1.29 is 8.42 Å². The van der Waals surface area contributed by atoms with E-state index >= 15 is 0 Å². The maximum Gasteiger partial charge on any atom is 0.244 e. The van der Waals surface area contributed by atoms with Crippen molar-refractivity contribution in [1.29, 1.82) is 0 Å².